The van der Waals surface area contributed by atoms with Gasteiger partial charge in [0.1, 0.15) is 0 Å². The van der Waals surface area contributed by atoms with E-state index in [0.717, 1.165) is 24.3 Å². The average Bonchev–Trinajstić information content (AvgIpc) is 2.89. The number of aliphatic imine (C=N–C) groups is 1. The Morgan fingerprint density at radius 3 is 2.22 bits per heavy atom. The Hall–Kier alpha value is -1.79. The third-order valence-electron chi connectivity index (χ3n) is 3.28. The van der Waals surface area contributed by atoms with Gasteiger partial charge >= 0.3 is 0 Å². The summed E-state index contributed by atoms with van der Waals surface area (Å²) in [5.41, 5.74) is 2.02. The predicted molar refractivity (Wildman–Crippen MR) is 104 cm³/mol. The molecule has 0 radical (unpaired) electrons. The number of anilines is 2. The number of para-hydroxylation sites is 2. The van der Waals surface area contributed by atoms with E-state index < -0.39 is 0 Å². The third-order valence-corrected chi connectivity index (χ3v) is 4.41. The van der Waals surface area contributed by atoms with Gasteiger partial charge in [0.05, 0.1) is 5.25 Å². The number of amidine groups is 1. The average molecular weight is 392 g/mol. The van der Waals surface area contributed by atoms with Crippen LogP contribution in [0.3, 0.4) is 0 Å². The number of nitrogens with zero attached hydrogens (tertiary/aromatic N) is 1. The van der Waals surface area contributed by atoms with Gasteiger partial charge in [-0.1, -0.05) is 48.2 Å². The summed E-state index contributed by atoms with van der Waals surface area (Å²) in [7, 11) is 0. The van der Waals surface area contributed by atoms with Crippen LogP contribution in [-0.2, 0) is 4.79 Å². The van der Waals surface area contributed by atoms with Gasteiger partial charge in [-0.3, -0.25) is 4.79 Å². The minimum absolute atomic E-state index is 0. The van der Waals surface area contributed by atoms with Crippen molar-refractivity contribution in [3.8, 4) is 0 Å². The Morgan fingerprint density at radius 1 is 0.957 bits per heavy atom. The van der Waals surface area contributed by atoms with E-state index in [-0.39, 0.29) is 28.1 Å². The van der Waals surface area contributed by atoms with Gasteiger partial charge in [-0.05, 0) is 30.7 Å². The lowest BCUT2D eigenvalue weighted by atomic mass is 10.2. The van der Waals surface area contributed by atoms with E-state index in [0.29, 0.717) is 5.17 Å². The molecule has 0 saturated carbocycles. The number of halogens is 1. The molecule has 0 aromatic heterocycles. The molecule has 0 spiro atoms. The Balaban J connectivity index is 0.00000192. The summed E-state index contributed by atoms with van der Waals surface area (Å²) < 4.78 is 0. The van der Waals surface area contributed by atoms with Crippen LogP contribution < -0.4 is 10.6 Å². The molecule has 2 aromatic rings. The van der Waals surface area contributed by atoms with Crippen LogP contribution >= 0.6 is 28.7 Å². The lowest BCUT2D eigenvalue weighted by Crippen LogP contribution is -2.16. The standard InChI is InChI=1S/C17H17N3OS.BrH/c21-16-15(11-12-18-13-7-3-1-4-8-13)22-17(20-16)19-14-9-5-2-6-10-14;/h1-10,15,18H,11-12H2,(H,19,20,21);1H. The molecule has 120 valence electrons. The van der Waals surface area contributed by atoms with E-state index in [2.05, 4.69) is 15.6 Å². The highest BCUT2D eigenvalue weighted by atomic mass is 79.9. The SMILES string of the molecule is Br.O=C1N=C(Nc2ccccc2)SC1CCNc1ccccc1. The molecule has 2 aromatic carbocycles. The van der Waals surface area contributed by atoms with Crippen molar-refractivity contribution in [1.29, 1.82) is 0 Å². The van der Waals surface area contributed by atoms with Gasteiger partial charge in [0.2, 0.25) is 0 Å². The number of thioether (sulfide) groups is 1. The highest BCUT2D eigenvalue weighted by molar-refractivity contribution is 8.93. The fraction of sp³-hybridized carbons (Fsp3) is 0.176. The van der Waals surface area contributed by atoms with E-state index in [1.165, 1.54) is 11.8 Å². The van der Waals surface area contributed by atoms with Crippen molar-refractivity contribution in [3.05, 3.63) is 60.7 Å². The van der Waals surface area contributed by atoms with Gasteiger partial charge in [-0.15, -0.1) is 17.0 Å². The normalized spacial score (nSPS) is 16.4. The fourth-order valence-corrected chi connectivity index (χ4v) is 3.15. The largest absolute Gasteiger partial charge is 0.385 e. The highest BCUT2D eigenvalue weighted by Crippen LogP contribution is 2.26. The number of carbonyl (C=O) groups is 1. The number of amides is 1. The first kappa shape index (κ1) is 17.6. The molecule has 1 aliphatic rings. The van der Waals surface area contributed by atoms with Crippen LogP contribution in [0.5, 0.6) is 0 Å². The van der Waals surface area contributed by atoms with Crippen LogP contribution in [-0.4, -0.2) is 22.9 Å². The second-order valence-corrected chi connectivity index (χ2v) is 6.13. The molecule has 0 aliphatic carbocycles. The Labute approximate surface area is 150 Å². The van der Waals surface area contributed by atoms with Gasteiger partial charge in [0.25, 0.3) is 5.91 Å². The van der Waals surface area contributed by atoms with Gasteiger partial charge in [0, 0.05) is 17.9 Å². The fourth-order valence-electron chi connectivity index (χ4n) is 2.17. The van der Waals surface area contributed by atoms with Crippen molar-refractivity contribution in [2.45, 2.75) is 11.7 Å². The molecule has 1 atom stereocenters. The van der Waals surface area contributed by atoms with Crippen molar-refractivity contribution >= 4 is 51.2 Å². The lowest BCUT2D eigenvalue weighted by Gasteiger charge is -2.09. The molecule has 0 fully saturated rings. The molecule has 6 heteroatoms. The monoisotopic (exact) mass is 391 g/mol. The van der Waals surface area contributed by atoms with Crippen molar-refractivity contribution in [2.24, 2.45) is 4.99 Å². The number of carbonyl (C=O) groups excluding carboxylic acids is 1. The van der Waals surface area contributed by atoms with E-state index in [9.17, 15) is 4.79 Å². The van der Waals surface area contributed by atoms with Crippen LogP contribution in [0, 0.1) is 0 Å². The molecule has 2 N–H and O–H groups in total. The second kappa shape index (κ2) is 8.74. The van der Waals surface area contributed by atoms with Gasteiger partial charge in [-0.2, -0.15) is 4.99 Å². The maximum Gasteiger partial charge on any atom is 0.261 e. The number of benzene rings is 2. The maximum atomic E-state index is 11.9. The minimum atomic E-state index is -0.109. The predicted octanol–water partition coefficient (Wildman–Crippen LogP) is 4.18. The zero-order chi connectivity index (χ0) is 15.2. The molecule has 4 nitrogen and oxygen atoms in total. The lowest BCUT2D eigenvalue weighted by molar-refractivity contribution is -0.117. The smallest absolute Gasteiger partial charge is 0.261 e. The third kappa shape index (κ3) is 5.11. The molecule has 1 heterocycles. The summed E-state index contributed by atoms with van der Waals surface area (Å²) in [6, 6.07) is 19.8. The van der Waals surface area contributed by atoms with E-state index in [1.807, 2.05) is 60.7 Å². The topological polar surface area (TPSA) is 53.5 Å². The Bertz CT molecular complexity index is 664. The van der Waals surface area contributed by atoms with Crippen LogP contribution in [0.15, 0.2) is 65.7 Å². The van der Waals surface area contributed by atoms with Gasteiger partial charge < -0.3 is 10.6 Å². The molecule has 0 bridgehead atoms. The second-order valence-electron chi connectivity index (χ2n) is 4.93. The van der Waals surface area contributed by atoms with E-state index in [4.69, 9.17) is 0 Å². The van der Waals surface area contributed by atoms with Gasteiger partial charge in [0.15, 0.2) is 5.17 Å². The zero-order valence-electron chi connectivity index (χ0n) is 12.4. The molecule has 3 rings (SSSR count). The summed E-state index contributed by atoms with van der Waals surface area (Å²) in [5.74, 6) is -0.0571. The highest BCUT2D eigenvalue weighted by Gasteiger charge is 2.27. The number of hydrogen-bond acceptors (Lipinski definition) is 4. The van der Waals surface area contributed by atoms with Gasteiger partial charge in [-0.25, -0.2) is 0 Å². The molecule has 1 unspecified atom stereocenters. The molecule has 1 aliphatic heterocycles. The van der Waals surface area contributed by atoms with E-state index in [1.54, 1.807) is 0 Å². The Kier molecular flexibility index (Phi) is 6.67. The van der Waals surface area contributed by atoms with Crippen molar-refractivity contribution in [1.82, 2.24) is 0 Å². The number of rotatable bonds is 5. The van der Waals surface area contributed by atoms with Crippen LogP contribution in [0.25, 0.3) is 0 Å². The quantitative estimate of drug-likeness (QED) is 0.802. The van der Waals surface area contributed by atoms with Crippen LogP contribution in [0.4, 0.5) is 11.4 Å². The number of hydrogen-bond donors (Lipinski definition) is 2. The summed E-state index contributed by atoms with van der Waals surface area (Å²) in [6.45, 7) is 0.752. The first-order chi connectivity index (χ1) is 10.8. The van der Waals surface area contributed by atoms with Crippen molar-refractivity contribution in [2.75, 3.05) is 17.2 Å². The van der Waals surface area contributed by atoms with Crippen molar-refractivity contribution < 1.29 is 4.79 Å². The van der Waals surface area contributed by atoms with E-state index >= 15 is 0 Å². The summed E-state index contributed by atoms with van der Waals surface area (Å²) >= 11 is 1.50. The molecular weight excluding hydrogens is 374 g/mol. The maximum absolute atomic E-state index is 11.9. The zero-order valence-corrected chi connectivity index (χ0v) is 15.0. The molecule has 23 heavy (non-hydrogen) atoms. The first-order valence-corrected chi connectivity index (χ1v) is 8.09. The first-order valence-electron chi connectivity index (χ1n) is 7.21. The Morgan fingerprint density at radius 2 is 1.57 bits per heavy atom. The van der Waals surface area contributed by atoms with Crippen LogP contribution in [0.1, 0.15) is 6.42 Å². The molecule has 1 amide bonds. The molecular formula is C17H18BrN3OS. The summed E-state index contributed by atoms with van der Waals surface area (Å²) in [4.78, 5) is 16.0. The summed E-state index contributed by atoms with van der Waals surface area (Å²) in [5, 5.41) is 7.07. The summed E-state index contributed by atoms with van der Waals surface area (Å²) in [6.07, 6.45) is 0.752. The van der Waals surface area contributed by atoms with Crippen LogP contribution in [0.2, 0.25) is 0 Å². The minimum Gasteiger partial charge on any atom is -0.385 e. The molecule has 0 saturated heterocycles. The number of nitrogens with one attached hydrogen (secondary N) is 2. The van der Waals surface area contributed by atoms with Crippen molar-refractivity contribution in [3.63, 3.8) is 0 Å².